The van der Waals surface area contributed by atoms with E-state index in [0.717, 1.165) is 62.0 Å². The largest absolute Gasteiger partial charge is 0.456 e. The lowest BCUT2D eigenvalue weighted by molar-refractivity contribution is 0.586. The molecule has 0 fully saturated rings. The van der Waals surface area contributed by atoms with E-state index in [2.05, 4.69) is 170 Å². The number of rotatable bonds is 4. The molecule has 0 bridgehead atoms. The number of thiophene rings is 1. The van der Waals surface area contributed by atoms with Gasteiger partial charge in [0, 0.05) is 47.8 Å². The monoisotopic (exact) mass is 733 g/mol. The van der Waals surface area contributed by atoms with Gasteiger partial charge in [-0.25, -0.2) is 15.0 Å². The van der Waals surface area contributed by atoms with E-state index in [1.54, 1.807) is 0 Å². The molecular formula is C51H31N3OS. The Bertz CT molecular complexity index is 3330. The minimum Gasteiger partial charge on any atom is -0.456 e. The van der Waals surface area contributed by atoms with Crippen LogP contribution in [0.5, 0.6) is 0 Å². The molecule has 4 nitrogen and oxygen atoms in total. The molecule has 3 heterocycles. The Morgan fingerprint density at radius 3 is 1.82 bits per heavy atom. The van der Waals surface area contributed by atoms with Crippen LogP contribution in [0.2, 0.25) is 0 Å². The second kappa shape index (κ2) is 12.3. The van der Waals surface area contributed by atoms with Gasteiger partial charge >= 0.3 is 0 Å². The lowest BCUT2D eigenvalue weighted by Gasteiger charge is -2.20. The van der Waals surface area contributed by atoms with Crippen LogP contribution in [0, 0.1) is 0 Å². The number of aromatic nitrogens is 3. The quantitative estimate of drug-likeness (QED) is 0.181. The second-order valence-corrected chi connectivity index (χ2v) is 15.7. The van der Waals surface area contributed by atoms with Gasteiger partial charge in [-0.05, 0) is 80.7 Å². The number of nitrogens with zero attached hydrogens (tertiary/aromatic N) is 3. The molecule has 12 rings (SSSR count). The van der Waals surface area contributed by atoms with Crippen LogP contribution in [-0.4, -0.2) is 15.0 Å². The fourth-order valence-electron chi connectivity index (χ4n) is 8.71. The zero-order chi connectivity index (χ0) is 36.7. The van der Waals surface area contributed by atoms with Crippen LogP contribution >= 0.6 is 11.3 Å². The first-order chi connectivity index (χ1) is 27.7. The van der Waals surface area contributed by atoms with Crippen molar-refractivity contribution in [3.05, 3.63) is 181 Å². The molecule has 0 spiro atoms. The van der Waals surface area contributed by atoms with Gasteiger partial charge in [0.15, 0.2) is 11.6 Å². The Morgan fingerprint density at radius 2 is 1.12 bits per heavy atom. The van der Waals surface area contributed by atoms with Gasteiger partial charge in [-0.15, -0.1) is 11.3 Å². The van der Waals surface area contributed by atoms with E-state index in [9.17, 15) is 0 Å². The van der Waals surface area contributed by atoms with Crippen molar-refractivity contribution in [3.8, 4) is 33.9 Å². The molecular weight excluding hydrogens is 703 g/mol. The van der Waals surface area contributed by atoms with Crippen LogP contribution in [-0.2, 0) is 0 Å². The fraction of sp³-hybridized carbons (Fsp3) is 0.0392. The van der Waals surface area contributed by atoms with Gasteiger partial charge in [-0.1, -0.05) is 133 Å². The van der Waals surface area contributed by atoms with Crippen LogP contribution in [0.25, 0.3) is 103 Å². The third-order valence-electron chi connectivity index (χ3n) is 11.4. The molecule has 1 aliphatic carbocycles. The number of benzene rings is 8. The van der Waals surface area contributed by atoms with Crippen molar-refractivity contribution in [2.24, 2.45) is 0 Å². The Kier molecular flexibility index (Phi) is 6.89. The first kappa shape index (κ1) is 31.4. The maximum Gasteiger partial charge on any atom is 0.163 e. The highest BCUT2D eigenvalue weighted by molar-refractivity contribution is 7.26. The fourth-order valence-corrected chi connectivity index (χ4v) is 9.97. The highest BCUT2D eigenvalue weighted by atomic mass is 32.1. The van der Waals surface area contributed by atoms with E-state index in [0.29, 0.717) is 11.6 Å². The van der Waals surface area contributed by atoms with Gasteiger partial charge in [0.05, 0.1) is 5.92 Å². The molecule has 0 saturated carbocycles. The highest BCUT2D eigenvalue weighted by Crippen LogP contribution is 2.48. The number of allylic oxidation sites excluding steroid dienone is 1. The van der Waals surface area contributed by atoms with Crippen molar-refractivity contribution in [1.82, 2.24) is 15.0 Å². The first-order valence-corrected chi connectivity index (χ1v) is 19.8. The van der Waals surface area contributed by atoms with Crippen LogP contribution in [0.15, 0.2) is 168 Å². The third kappa shape index (κ3) is 4.94. The van der Waals surface area contributed by atoms with Gasteiger partial charge in [0.1, 0.15) is 17.2 Å². The maximum absolute atomic E-state index is 6.70. The molecule has 1 aliphatic rings. The molecule has 0 amide bonds. The molecule has 5 heteroatoms. The molecule has 1 atom stereocenters. The highest BCUT2D eigenvalue weighted by Gasteiger charge is 2.30. The summed E-state index contributed by atoms with van der Waals surface area (Å²) in [6, 6.07) is 56.2. The van der Waals surface area contributed by atoms with Crippen LogP contribution in [0.1, 0.15) is 29.5 Å². The molecule has 0 saturated heterocycles. The van der Waals surface area contributed by atoms with Gasteiger partial charge in [-0.3, -0.25) is 0 Å². The summed E-state index contributed by atoms with van der Waals surface area (Å²) in [6.45, 7) is 0. The predicted molar refractivity (Wildman–Crippen MR) is 233 cm³/mol. The summed E-state index contributed by atoms with van der Waals surface area (Å²) in [6.07, 6.45) is 5.06. The van der Waals surface area contributed by atoms with Crippen molar-refractivity contribution in [1.29, 1.82) is 0 Å². The second-order valence-electron chi connectivity index (χ2n) is 14.7. The van der Waals surface area contributed by atoms with Crippen molar-refractivity contribution in [3.63, 3.8) is 0 Å². The minimum absolute atomic E-state index is 0.147. The summed E-state index contributed by atoms with van der Waals surface area (Å²) in [5.74, 6) is 2.77. The molecule has 0 N–H and O–H groups in total. The van der Waals surface area contributed by atoms with Crippen LogP contribution < -0.4 is 0 Å². The van der Waals surface area contributed by atoms with Crippen molar-refractivity contribution >= 4 is 80.9 Å². The summed E-state index contributed by atoms with van der Waals surface area (Å²) >= 11 is 1.87. The van der Waals surface area contributed by atoms with E-state index in [1.807, 2.05) is 11.3 Å². The lowest BCUT2D eigenvalue weighted by Crippen LogP contribution is -2.12. The zero-order valence-electron chi connectivity index (χ0n) is 30.1. The van der Waals surface area contributed by atoms with Crippen molar-refractivity contribution < 1.29 is 4.42 Å². The summed E-state index contributed by atoms with van der Waals surface area (Å²) in [4.78, 5) is 15.8. The molecule has 56 heavy (non-hydrogen) atoms. The van der Waals surface area contributed by atoms with E-state index < -0.39 is 0 Å². The van der Waals surface area contributed by atoms with E-state index in [4.69, 9.17) is 19.4 Å². The number of hydrogen-bond donors (Lipinski definition) is 0. The summed E-state index contributed by atoms with van der Waals surface area (Å²) in [7, 11) is 0. The number of furan rings is 1. The Hall–Kier alpha value is -6.95. The van der Waals surface area contributed by atoms with Gasteiger partial charge in [0.2, 0.25) is 0 Å². The molecule has 1 unspecified atom stereocenters. The third-order valence-corrected chi connectivity index (χ3v) is 12.6. The topological polar surface area (TPSA) is 51.8 Å². The van der Waals surface area contributed by atoms with Gasteiger partial charge in [-0.2, -0.15) is 0 Å². The van der Waals surface area contributed by atoms with Crippen molar-refractivity contribution in [2.75, 3.05) is 0 Å². The Balaban J connectivity index is 1.07. The maximum atomic E-state index is 6.70. The van der Waals surface area contributed by atoms with Crippen molar-refractivity contribution in [2.45, 2.75) is 12.3 Å². The number of hydrogen-bond acceptors (Lipinski definition) is 5. The Labute approximate surface area is 326 Å². The summed E-state index contributed by atoms with van der Waals surface area (Å²) < 4.78 is 9.27. The lowest BCUT2D eigenvalue weighted by atomic mass is 9.85. The standard InChI is InChI=1S/C51H31N3OS/c1-3-12-32-26-36(24-22-30(32)10-1)49-52-50(37-25-23-31-11-2-4-13-33(31)27-37)54-51(53-49)41-19-9-21-44-47(41)46-38(16-8-20-43(46)55-44)39-17-7-18-40-42-28-34-14-5-6-15-35(34)29-45(42)56-48(39)40/h1-18,20-29,41H,19H2. The average molecular weight is 734 g/mol. The summed E-state index contributed by atoms with van der Waals surface area (Å²) in [5.41, 5.74) is 6.28. The SMILES string of the molecule is C1=Cc2oc3cccc(-c4cccc5c4sc4cc6ccccc6cc45)c3c2C(c2nc(-c3ccc4ccccc4c3)nc(-c3ccc4ccccc4c3)n2)C1. The Morgan fingerprint density at radius 1 is 0.518 bits per heavy atom. The number of fused-ring (bicyclic) bond motifs is 9. The molecule has 0 aliphatic heterocycles. The van der Waals surface area contributed by atoms with E-state index in [1.165, 1.54) is 47.3 Å². The van der Waals surface area contributed by atoms with Crippen LogP contribution in [0.4, 0.5) is 0 Å². The van der Waals surface area contributed by atoms with E-state index >= 15 is 0 Å². The first-order valence-electron chi connectivity index (χ1n) is 19.0. The van der Waals surface area contributed by atoms with E-state index in [-0.39, 0.29) is 5.92 Å². The average Bonchev–Trinajstić information content (AvgIpc) is 3.83. The predicted octanol–water partition coefficient (Wildman–Crippen LogP) is 14.0. The molecule has 11 aromatic rings. The summed E-state index contributed by atoms with van der Waals surface area (Å²) in [5, 5.41) is 10.9. The van der Waals surface area contributed by atoms with Gasteiger partial charge < -0.3 is 4.42 Å². The smallest absolute Gasteiger partial charge is 0.163 e. The van der Waals surface area contributed by atoms with Gasteiger partial charge in [0.25, 0.3) is 0 Å². The molecule has 262 valence electrons. The molecule has 8 aromatic carbocycles. The zero-order valence-corrected chi connectivity index (χ0v) is 30.9. The minimum atomic E-state index is -0.147. The normalized spacial score (nSPS) is 14.1. The molecule has 3 aromatic heterocycles. The van der Waals surface area contributed by atoms with Crippen LogP contribution in [0.3, 0.4) is 0 Å². The molecule has 0 radical (unpaired) electrons.